The summed E-state index contributed by atoms with van der Waals surface area (Å²) < 4.78 is 29.1. The van der Waals surface area contributed by atoms with Gasteiger partial charge in [0.2, 0.25) is 5.91 Å². The van der Waals surface area contributed by atoms with Crippen molar-refractivity contribution in [1.29, 1.82) is 0 Å². The quantitative estimate of drug-likeness (QED) is 0.499. The molecular formula is C28H27F2N7O2. The van der Waals surface area contributed by atoms with Crippen molar-refractivity contribution in [2.75, 3.05) is 11.4 Å². The molecule has 1 fully saturated rings. The highest BCUT2D eigenvalue weighted by Crippen LogP contribution is 2.69. The standard InChI is InChI=1S/C28H27F2N7O2/c1-27(2)17-6-7-28(27,25-16(17)11-20(35-36-25)24-18(29)4-3-5-19(24)30)22-12-32-13-23(34-22)37-9-8-33-15(14-37)10-21(38)26(31)39/h3-5,8-9,11-13,17,21,38H,6-7,10,14H2,1-2H3,(H2,31,39)/t17-,21?,28-/m0/s1. The fraction of sp³-hybridized carbons (Fsp3) is 0.357. The molecule has 1 unspecified atom stereocenters. The fourth-order valence-electron chi connectivity index (χ4n) is 6.56. The number of primary amides is 1. The van der Waals surface area contributed by atoms with Crippen LogP contribution >= 0.6 is 0 Å². The van der Waals surface area contributed by atoms with E-state index < -0.39 is 29.1 Å². The smallest absolute Gasteiger partial charge is 0.246 e. The Bertz CT molecular complexity index is 1540. The van der Waals surface area contributed by atoms with E-state index in [1.54, 1.807) is 30.9 Å². The van der Waals surface area contributed by atoms with Crippen LogP contribution in [0.5, 0.6) is 0 Å². The maximum Gasteiger partial charge on any atom is 0.246 e. The number of aliphatic hydroxyl groups is 1. The van der Waals surface area contributed by atoms with E-state index in [2.05, 4.69) is 34.0 Å². The van der Waals surface area contributed by atoms with Crippen molar-refractivity contribution in [1.82, 2.24) is 20.2 Å². The number of amides is 1. The minimum atomic E-state index is -1.32. The maximum absolute atomic E-state index is 14.5. The molecule has 0 spiro atoms. The molecule has 1 saturated carbocycles. The van der Waals surface area contributed by atoms with Gasteiger partial charge in [0.15, 0.2) is 5.82 Å². The van der Waals surface area contributed by atoms with E-state index in [1.165, 1.54) is 18.2 Å². The lowest BCUT2D eigenvalue weighted by molar-refractivity contribution is -0.125. The van der Waals surface area contributed by atoms with E-state index in [4.69, 9.17) is 10.7 Å². The van der Waals surface area contributed by atoms with Crippen molar-refractivity contribution in [3.8, 4) is 11.3 Å². The van der Waals surface area contributed by atoms with Crippen molar-refractivity contribution in [2.45, 2.75) is 50.5 Å². The number of fused-ring (bicyclic) bond motifs is 5. The maximum atomic E-state index is 14.5. The van der Waals surface area contributed by atoms with Crippen LogP contribution in [-0.2, 0) is 10.2 Å². The van der Waals surface area contributed by atoms with Crippen molar-refractivity contribution in [3.63, 3.8) is 0 Å². The molecule has 3 aliphatic rings. The zero-order valence-electron chi connectivity index (χ0n) is 21.5. The van der Waals surface area contributed by atoms with Gasteiger partial charge in [0.1, 0.15) is 17.7 Å². The molecule has 2 aromatic heterocycles. The zero-order valence-corrected chi connectivity index (χ0v) is 21.5. The van der Waals surface area contributed by atoms with Gasteiger partial charge in [-0.25, -0.2) is 13.8 Å². The lowest BCUT2D eigenvalue weighted by atomic mass is 9.66. The average Bonchev–Trinajstić information content (AvgIpc) is 3.29. The summed E-state index contributed by atoms with van der Waals surface area (Å²) in [5, 5.41) is 18.7. The second kappa shape index (κ2) is 8.98. The summed E-state index contributed by atoms with van der Waals surface area (Å²) in [7, 11) is 0. The number of carbonyl (C=O) groups is 1. The second-order valence-corrected chi connectivity index (χ2v) is 10.9. The zero-order chi connectivity index (χ0) is 27.5. The first-order valence-electron chi connectivity index (χ1n) is 12.7. The van der Waals surface area contributed by atoms with Crippen LogP contribution in [0.15, 0.2) is 54.1 Å². The number of carbonyl (C=O) groups excluding carboxylic acids is 1. The molecule has 11 heteroatoms. The normalized spacial score (nSPS) is 23.5. The van der Waals surface area contributed by atoms with Crippen LogP contribution in [0.25, 0.3) is 11.3 Å². The third-order valence-electron chi connectivity index (χ3n) is 8.57. The van der Waals surface area contributed by atoms with Gasteiger partial charge in [-0.05, 0) is 47.9 Å². The van der Waals surface area contributed by atoms with Gasteiger partial charge in [0.05, 0.1) is 40.8 Å². The first-order valence-corrected chi connectivity index (χ1v) is 12.7. The highest BCUT2D eigenvalue weighted by Gasteiger charge is 2.65. The van der Waals surface area contributed by atoms with E-state index in [9.17, 15) is 18.7 Å². The molecule has 1 aliphatic heterocycles. The molecule has 6 rings (SSSR count). The summed E-state index contributed by atoms with van der Waals surface area (Å²) >= 11 is 0. The van der Waals surface area contributed by atoms with Crippen LogP contribution in [0.2, 0.25) is 0 Å². The van der Waals surface area contributed by atoms with E-state index in [0.29, 0.717) is 18.1 Å². The predicted molar refractivity (Wildman–Crippen MR) is 140 cm³/mol. The minimum absolute atomic E-state index is 0.0237. The van der Waals surface area contributed by atoms with Gasteiger partial charge in [-0.3, -0.25) is 14.8 Å². The molecule has 39 heavy (non-hydrogen) atoms. The molecular weight excluding hydrogens is 504 g/mol. The summed E-state index contributed by atoms with van der Waals surface area (Å²) in [6.45, 7) is 4.65. The Labute approximate surface area is 223 Å². The number of hydrogen-bond acceptors (Lipinski definition) is 8. The molecule has 2 bridgehead atoms. The average molecular weight is 532 g/mol. The molecule has 0 radical (unpaired) electrons. The summed E-state index contributed by atoms with van der Waals surface area (Å²) in [5.41, 5.74) is 7.30. The first-order chi connectivity index (χ1) is 18.6. The third-order valence-corrected chi connectivity index (χ3v) is 8.57. The van der Waals surface area contributed by atoms with Crippen molar-refractivity contribution < 1.29 is 18.7 Å². The molecule has 3 heterocycles. The number of aromatic nitrogens is 4. The molecule has 1 amide bonds. The Kier molecular flexibility index (Phi) is 5.79. The van der Waals surface area contributed by atoms with Gasteiger partial charge < -0.3 is 15.7 Å². The Morgan fingerprint density at radius 3 is 2.74 bits per heavy atom. The van der Waals surface area contributed by atoms with Crippen LogP contribution in [0.4, 0.5) is 14.6 Å². The van der Waals surface area contributed by atoms with Gasteiger partial charge in [0.25, 0.3) is 0 Å². The lowest BCUT2D eigenvalue weighted by Gasteiger charge is -2.37. The Balaban J connectivity index is 1.38. The topological polar surface area (TPSA) is 130 Å². The number of benzene rings is 1. The molecule has 2 aliphatic carbocycles. The van der Waals surface area contributed by atoms with Gasteiger partial charge in [-0.1, -0.05) is 19.9 Å². The molecule has 1 aromatic carbocycles. The molecule has 0 saturated heterocycles. The Morgan fingerprint density at radius 1 is 1.23 bits per heavy atom. The fourth-order valence-corrected chi connectivity index (χ4v) is 6.56. The van der Waals surface area contributed by atoms with Crippen LogP contribution in [0.1, 0.15) is 56.0 Å². The summed E-state index contributed by atoms with van der Waals surface area (Å²) in [5.74, 6) is -1.49. The van der Waals surface area contributed by atoms with Crippen molar-refractivity contribution in [3.05, 3.63) is 77.6 Å². The van der Waals surface area contributed by atoms with E-state index in [-0.39, 0.29) is 29.0 Å². The number of anilines is 1. The molecule has 3 aromatic rings. The highest BCUT2D eigenvalue weighted by molar-refractivity contribution is 5.94. The number of hydrogen-bond donors (Lipinski definition) is 2. The van der Waals surface area contributed by atoms with Gasteiger partial charge >= 0.3 is 0 Å². The number of aliphatic hydroxyl groups excluding tert-OH is 1. The predicted octanol–water partition coefficient (Wildman–Crippen LogP) is 3.38. The largest absolute Gasteiger partial charge is 0.383 e. The molecule has 9 nitrogen and oxygen atoms in total. The van der Waals surface area contributed by atoms with E-state index in [1.807, 2.05) is 4.90 Å². The van der Waals surface area contributed by atoms with Crippen LogP contribution in [0.3, 0.4) is 0 Å². The number of rotatable bonds is 6. The summed E-state index contributed by atoms with van der Waals surface area (Å²) in [6, 6.07) is 5.53. The molecule has 3 N–H and O–H groups in total. The third kappa shape index (κ3) is 3.75. The van der Waals surface area contributed by atoms with Crippen LogP contribution in [-0.4, -0.2) is 49.5 Å². The van der Waals surface area contributed by atoms with Gasteiger partial charge in [-0.2, -0.15) is 5.10 Å². The number of nitrogens with zero attached hydrogens (tertiary/aromatic N) is 6. The molecule has 200 valence electrons. The highest BCUT2D eigenvalue weighted by atomic mass is 19.1. The summed E-state index contributed by atoms with van der Waals surface area (Å²) in [4.78, 5) is 26.9. The van der Waals surface area contributed by atoms with Gasteiger partial charge in [-0.15, -0.1) is 5.10 Å². The van der Waals surface area contributed by atoms with E-state index in [0.717, 1.165) is 29.8 Å². The van der Waals surface area contributed by atoms with Gasteiger partial charge in [0, 0.05) is 30.7 Å². The monoisotopic (exact) mass is 531 g/mol. The van der Waals surface area contributed by atoms with Crippen LogP contribution < -0.4 is 10.6 Å². The number of halogens is 2. The number of nitrogens with two attached hydrogens (primary N) is 1. The molecule has 3 atom stereocenters. The van der Waals surface area contributed by atoms with Crippen LogP contribution in [0, 0.1) is 17.0 Å². The SMILES string of the molecule is CC1(C)[C@H]2CC[C@]1(c1cncc(N3C=CN=C(CC(O)C(N)=O)C3)n1)c1nnc(-c3c(F)cccc3F)cc12. The van der Waals surface area contributed by atoms with Crippen molar-refractivity contribution in [2.24, 2.45) is 16.1 Å². The Hall–Kier alpha value is -4.12. The Morgan fingerprint density at radius 2 is 2.00 bits per heavy atom. The number of aliphatic imine (C=N–C) groups is 1. The second-order valence-electron chi connectivity index (χ2n) is 10.9. The summed E-state index contributed by atoms with van der Waals surface area (Å²) in [6.07, 6.45) is 7.07. The minimum Gasteiger partial charge on any atom is -0.383 e. The lowest BCUT2D eigenvalue weighted by Crippen LogP contribution is -2.39. The van der Waals surface area contributed by atoms with E-state index >= 15 is 0 Å². The van der Waals surface area contributed by atoms with Crippen molar-refractivity contribution >= 4 is 17.4 Å². The first kappa shape index (κ1) is 25.2.